The van der Waals surface area contributed by atoms with Crippen LogP contribution in [0.5, 0.6) is 11.5 Å². The molecule has 0 atom stereocenters. The Bertz CT molecular complexity index is 1310. The topological polar surface area (TPSA) is 132 Å². The van der Waals surface area contributed by atoms with Crippen LogP contribution in [0.2, 0.25) is 0 Å². The van der Waals surface area contributed by atoms with Crippen molar-refractivity contribution in [2.75, 3.05) is 27.6 Å². The molecule has 180 valence electrons. The van der Waals surface area contributed by atoms with Gasteiger partial charge in [-0.1, -0.05) is 5.16 Å². The number of hydrogen-bond acceptors (Lipinski definition) is 10. The molecule has 1 aromatic heterocycles. The van der Waals surface area contributed by atoms with E-state index in [9.17, 15) is 10.1 Å². The number of aliphatic imine (C=N–C) groups is 2. The van der Waals surface area contributed by atoms with Crippen molar-refractivity contribution < 1.29 is 23.5 Å². The van der Waals surface area contributed by atoms with E-state index in [1.807, 2.05) is 12.1 Å². The van der Waals surface area contributed by atoms with E-state index in [2.05, 4.69) is 21.2 Å². The predicted octanol–water partition coefficient (Wildman–Crippen LogP) is 4.78. The summed E-state index contributed by atoms with van der Waals surface area (Å²) in [5.74, 6) is 1.81. The summed E-state index contributed by atoms with van der Waals surface area (Å²) in [7, 11) is 4.26. The van der Waals surface area contributed by atoms with E-state index in [-0.39, 0.29) is 6.42 Å². The Balaban J connectivity index is 2.18. The number of aryl methyl sites for hydroxylation is 1. The fourth-order valence-corrected chi connectivity index (χ4v) is 3.71. The molecule has 0 radical (unpaired) electrons. The molecule has 3 rings (SSSR count). The fraction of sp³-hybridized carbons (Fsp3) is 0.250. The monoisotopic (exact) mass is 493 g/mol. The molecule has 1 heterocycles. The molecule has 0 unspecified atom stereocenters. The molecule has 0 bridgehead atoms. The second kappa shape index (κ2) is 11.8. The lowest BCUT2D eigenvalue weighted by Crippen LogP contribution is -2.15. The lowest BCUT2D eigenvalue weighted by molar-refractivity contribution is 0.183. The Hall–Kier alpha value is -4.17. The number of nitrogens with zero attached hydrogens (tertiary/aromatic N) is 5. The van der Waals surface area contributed by atoms with Crippen molar-refractivity contribution in [1.82, 2.24) is 10.1 Å². The number of hydrogen-bond donors (Lipinski definition) is 0. The van der Waals surface area contributed by atoms with Gasteiger partial charge in [-0.15, -0.1) is 11.8 Å². The first-order valence-electron chi connectivity index (χ1n) is 10.3. The molecule has 1 amide bonds. The quantitative estimate of drug-likeness (QED) is 0.337. The van der Waals surface area contributed by atoms with Gasteiger partial charge in [0, 0.05) is 23.6 Å². The summed E-state index contributed by atoms with van der Waals surface area (Å²) in [4.78, 5) is 25.0. The van der Waals surface area contributed by atoms with E-state index in [4.69, 9.17) is 23.7 Å². The number of carbonyl (C=O) groups excluding carboxylic acids is 1. The molecule has 10 nitrogen and oxygen atoms in total. The minimum Gasteiger partial charge on any atom is -0.493 e. The van der Waals surface area contributed by atoms with Gasteiger partial charge in [0.05, 0.1) is 39.5 Å². The van der Waals surface area contributed by atoms with Crippen molar-refractivity contribution in [1.29, 1.82) is 5.26 Å². The zero-order valence-electron chi connectivity index (χ0n) is 19.9. The van der Waals surface area contributed by atoms with Gasteiger partial charge in [0.25, 0.3) is 0 Å². The molecule has 0 saturated heterocycles. The number of carbonyl (C=O) groups is 1. The van der Waals surface area contributed by atoms with Crippen LogP contribution < -0.4 is 9.47 Å². The summed E-state index contributed by atoms with van der Waals surface area (Å²) in [6, 6.07) is 12.8. The molecular formula is C24H23N5O5S. The van der Waals surface area contributed by atoms with E-state index >= 15 is 0 Å². The summed E-state index contributed by atoms with van der Waals surface area (Å²) in [5.41, 5.74) is 2.94. The molecule has 0 saturated carbocycles. The third kappa shape index (κ3) is 6.04. The lowest BCUT2D eigenvalue weighted by atomic mass is 10.0. The molecule has 0 aliphatic carbocycles. The minimum absolute atomic E-state index is 0.0855. The molecular weight excluding hydrogens is 470 g/mol. The van der Waals surface area contributed by atoms with Crippen molar-refractivity contribution >= 4 is 34.3 Å². The number of ether oxygens (including phenoxy) is 3. The van der Waals surface area contributed by atoms with Crippen LogP contribution in [0.15, 0.2) is 50.9 Å². The molecule has 0 N–H and O–H groups in total. The van der Waals surface area contributed by atoms with Crippen LogP contribution in [0.25, 0.3) is 11.4 Å². The number of rotatable bonds is 7. The number of thioether (sulfide) groups is 1. The maximum atomic E-state index is 12.0. The molecule has 2 aromatic carbocycles. The first-order valence-corrected chi connectivity index (χ1v) is 11.5. The first-order chi connectivity index (χ1) is 16.9. The highest BCUT2D eigenvalue weighted by Crippen LogP contribution is 2.34. The highest BCUT2D eigenvalue weighted by atomic mass is 32.2. The summed E-state index contributed by atoms with van der Waals surface area (Å²) in [5, 5.41) is 13.6. The minimum atomic E-state index is -0.761. The van der Waals surface area contributed by atoms with Gasteiger partial charge in [-0.05, 0) is 42.7 Å². The highest BCUT2D eigenvalue weighted by Gasteiger charge is 2.20. The largest absolute Gasteiger partial charge is 0.493 e. The SMILES string of the molecule is COC(=O)/N=C(SC)/C(=N\c1ccc(-c2noc(C)n2)cc1)c1cc(CC#N)c(OC)c(OC)c1. The Labute approximate surface area is 206 Å². The summed E-state index contributed by atoms with van der Waals surface area (Å²) >= 11 is 1.23. The number of aromatic nitrogens is 2. The third-order valence-electron chi connectivity index (χ3n) is 4.76. The zero-order valence-corrected chi connectivity index (χ0v) is 20.7. The molecule has 0 aliphatic rings. The zero-order chi connectivity index (χ0) is 25.4. The van der Waals surface area contributed by atoms with Crippen LogP contribution >= 0.6 is 11.8 Å². The Morgan fingerprint density at radius 3 is 2.46 bits per heavy atom. The van der Waals surface area contributed by atoms with Gasteiger partial charge in [-0.2, -0.15) is 15.2 Å². The van der Waals surface area contributed by atoms with Gasteiger partial charge >= 0.3 is 6.09 Å². The van der Waals surface area contributed by atoms with Crippen molar-refractivity contribution in [2.24, 2.45) is 9.98 Å². The van der Waals surface area contributed by atoms with E-state index in [0.29, 0.717) is 50.8 Å². The maximum absolute atomic E-state index is 12.0. The van der Waals surface area contributed by atoms with E-state index in [0.717, 1.165) is 5.56 Å². The first kappa shape index (κ1) is 25.5. The van der Waals surface area contributed by atoms with Crippen LogP contribution in [0.3, 0.4) is 0 Å². The van der Waals surface area contributed by atoms with E-state index in [1.54, 1.807) is 37.4 Å². The highest BCUT2D eigenvalue weighted by molar-refractivity contribution is 8.15. The van der Waals surface area contributed by atoms with Crippen molar-refractivity contribution in [3.8, 4) is 29.0 Å². The summed E-state index contributed by atoms with van der Waals surface area (Å²) in [6.07, 6.45) is 1.10. The van der Waals surface area contributed by atoms with Gasteiger partial charge in [-0.25, -0.2) is 9.79 Å². The molecule has 3 aromatic rings. The average molecular weight is 494 g/mol. The molecule has 0 aliphatic heterocycles. The average Bonchev–Trinajstić information content (AvgIpc) is 3.32. The van der Waals surface area contributed by atoms with Crippen LogP contribution in [0.4, 0.5) is 10.5 Å². The van der Waals surface area contributed by atoms with E-state index in [1.165, 1.54) is 33.1 Å². The van der Waals surface area contributed by atoms with Crippen LogP contribution in [0.1, 0.15) is 17.0 Å². The van der Waals surface area contributed by atoms with Crippen LogP contribution in [-0.2, 0) is 11.2 Å². The van der Waals surface area contributed by atoms with Crippen LogP contribution in [-0.4, -0.2) is 54.6 Å². The normalized spacial score (nSPS) is 11.7. The third-order valence-corrected chi connectivity index (χ3v) is 5.43. The molecule has 0 fully saturated rings. The Morgan fingerprint density at radius 1 is 1.17 bits per heavy atom. The van der Waals surface area contributed by atoms with Gasteiger partial charge in [0.1, 0.15) is 10.8 Å². The summed E-state index contributed by atoms with van der Waals surface area (Å²) < 4.78 is 20.7. The fourth-order valence-electron chi connectivity index (χ4n) is 3.19. The number of amides is 1. The smallest absolute Gasteiger partial charge is 0.434 e. The van der Waals surface area contributed by atoms with Crippen molar-refractivity contribution in [2.45, 2.75) is 13.3 Å². The number of benzene rings is 2. The van der Waals surface area contributed by atoms with Crippen molar-refractivity contribution in [3.63, 3.8) is 0 Å². The van der Waals surface area contributed by atoms with Gasteiger partial charge < -0.3 is 18.7 Å². The number of methoxy groups -OCH3 is 3. The lowest BCUT2D eigenvalue weighted by Gasteiger charge is -2.15. The Morgan fingerprint density at radius 2 is 1.91 bits per heavy atom. The van der Waals surface area contributed by atoms with Gasteiger partial charge in [0.15, 0.2) is 11.5 Å². The summed E-state index contributed by atoms with van der Waals surface area (Å²) in [6.45, 7) is 1.72. The van der Waals surface area contributed by atoms with Crippen molar-refractivity contribution in [3.05, 3.63) is 53.4 Å². The standard InChI is InChI=1S/C24H23N5O5S/c1-14-26-22(29-34-14)15-6-8-18(9-7-15)27-20(23(35-5)28-24(30)33-4)17-12-16(10-11-25)21(32-3)19(13-17)31-2/h6-9,12-13H,10H2,1-5H3/b27-20-,28-23-. The second-order valence-electron chi connectivity index (χ2n) is 6.94. The predicted molar refractivity (Wildman–Crippen MR) is 133 cm³/mol. The number of nitriles is 1. The molecule has 0 spiro atoms. The maximum Gasteiger partial charge on any atom is 0.434 e. The molecule has 11 heteroatoms. The molecule has 35 heavy (non-hydrogen) atoms. The van der Waals surface area contributed by atoms with Gasteiger partial charge in [0.2, 0.25) is 11.7 Å². The second-order valence-corrected chi connectivity index (χ2v) is 7.74. The van der Waals surface area contributed by atoms with Crippen LogP contribution in [0, 0.1) is 18.3 Å². The van der Waals surface area contributed by atoms with E-state index < -0.39 is 6.09 Å². The van der Waals surface area contributed by atoms with Gasteiger partial charge in [-0.3, -0.25) is 0 Å². The Kier molecular flexibility index (Phi) is 8.58.